The van der Waals surface area contributed by atoms with Gasteiger partial charge in [-0.15, -0.1) is 12.8 Å². The summed E-state index contributed by atoms with van der Waals surface area (Å²) in [4.78, 5) is 8.33. The zero-order valence-corrected chi connectivity index (χ0v) is 16.4. The average molecular weight is 438 g/mol. The summed E-state index contributed by atoms with van der Waals surface area (Å²) in [7, 11) is 0. The summed E-state index contributed by atoms with van der Waals surface area (Å²) in [5.41, 5.74) is 0.892. The predicted molar refractivity (Wildman–Crippen MR) is 105 cm³/mol. The Hall–Kier alpha value is -3.38. The van der Waals surface area contributed by atoms with Crippen LogP contribution in [0, 0.1) is 24.7 Å². The summed E-state index contributed by atoms with van der Waals surface area (Å²) in [6.07, 6.45) is 13.2. The van der Waals surface area contributed by atoms with Gasteiger partial charge < -0.3 is 19.7 Å². The second-order valence-electron chi connectivity index (χ2n) is 5.46. The molecule has 2 aromatic rings. The summed E-state index contributed by atoms with van der Waals surface area (Å²) in [5, 5.41) is 23.9. The molecule has 0 aliphatic carbocycles. The van der Waals surface area contributed by atoms with Crippen molar-refractivity contribution in [1.82, 2.24) is 0 Å². The number of nitrogens with zero attached hydrogens (tertiary/aromatic N) is 2. The van der Waals surface area contributed by atoms with Gasteiger partial charge in [-0.3, -0.25) is 9.98 Å². The van der Waals surface area contributed by atoms with Crippen molar-refractivity contribution in [3.05, 3.63) is 47.5 Å². The van der Waals surface area contributed by atoms with E-state index in [2.05, 4.69) is 21.8 Å². The molecule has 0 spiro atoms. The molecule has 1 radical (unpaired) electrons. The molecule has 0 amide bonds. The Labute approximate surface area is 180 Å². The Morgan fingerprint density at radius 3 is 1.55 bits per heavy atom. The van der Waals surface area contributed by atoms with E-state index < -0.39 is 0 Å². The van der Waals surface area contributed by atoms with E-state index in [0.29, 0.717) is 35.7 Å². The predicted octanol–water partition coefficient (Wildman–Crippen LogP) is 1.39. The third-order valence-corrected chi connectivity index (χ3v) is 3.43. The summed E-state index contributed by atoms with van der Waals surface area (Å²) in [6, 6.07) is 9.28. The smallest absolute Gasteiger partial charge is 0.872 e. The van der Waals surface area contributed by atoms with E-state index in [4.69, 9.17) is 22.3 Å². The number of rotatable bonds is 9. The van der Waals surface area contributed by atoms with Crippen molar-refractivity contribution in [2.75, 3.05) is 26.3 Å². The van der Waals surface area contributed by atoms with Gasteiger partial charge in [0.05, 0.1) is 13.1 Å². The van der Waals surface area contributed by atoms with Crippen LogP contribution in [0.5, 0.6) is 23.0 Å². The first-order valence-corrected chi connectivity index (χ1v) is 8.38. The molecule has 0 saturated carbocycles. The second kappa shape index (κ2) is 12.9. The average Bonchev–Trinajstić information content (AvgIpc) is 2.69. The maximum absolute atomic E-state index is 11.9. The van der Waals surface area contributed by atoms with Crippen molar-refractivity contribution in [1.29, 1.82) is 0 Å². The molecule has 6 nitrogen and oxygen atoms in total. The summed E-state index contributed by atoms with van der Waals surface area (Å²) >= 11 is 0. The van der Waals surface area contributed by atoms with Gasteiger partial charge in [0.1, 0.15) is 24.7 Å². The molecule has 7 heteroatoms. The van der Waals surface area contributed by atoms with Gasteiger partial charge in [-0.05, 0) is 35.4 Å². The van der Waals surface area contributed by atoms with E-state index in [1.165, 1.54) is 24.6 Å². The van der Waals surface area contributed by atoms with Crippen LogP contribution in [0.15, 0.2) is 46.4 Å². The van der Waals surface area contributed by atoms with Gasteiger partial charge in [0.15, 0.2) is 0 Å². The van der Waals surface area contributed by atoms with E-state index >= 15 is 0 Å². The molecule has 151 valence electrons. The van der Waals surface area contributed by atoms with Crippen LogP contribution in [0.4, 0.5) is 0 Å². The van der Waals surface area contributed by atoms with Gasteiger partial charge in [-0.1, -0.05) is 35.5 Å². The summed E-state index contributed by atoms with van der Waals surface area (Å²) in [6.45, 7) is 0.971. The molecule has 2 aromatic carbocycles. The van der Waals surface area contributed by atoms with Crippen LogP contribution in [0.25, 0.3) is 0 Å². The molecule has 0 N–H and O–H groups in total. The quantitative estimate of drug-likeness (QED) is 0.256. The monoisotopic (exact) mass is 437 g/mol. The standard InChI is InChI=1S/C22H20N2O4.Cu/c1-3-11-27-19-7-5-17(21(25)13-19)15-23-9-10-24-16-18-6-8-20(14-22(18)26)28-12-4-2;/h1-2,5-8,13-16,25-26H,9-12H2;/q;+2/p-2. The first kappa shape index (κ1) is 23.7. The van der Waals surface area contributed by atoms with Crippen molar-refractivity contribution >= 4 is 12.4 Å². The van der Waals surface area contributed by atoms with Gasteiger partial charge in [0, 0.05) is 12.4 Å². The fraction of sp³-hybridized carbons (Fsp3) is 0.182. The van der Waals surface area contributed by atoms with Crippen molar-refractivity contribution in [3.63, 3.8) is 0 Å². The van der Waals surface area contributed by atoms with E-state index in [1.54, 1.807) is 24.3 Å². The first-order valence-electron chi connectivity index (χ1n) is 8.38. The van der Waals surface area contributed by atoms with Crippen LogP contribution in [-0.2, 0) is 17.1 Å². The third kappa shape index (κ3) is 8.02. The van der Waals surface area contributed by atoms with E-state index in [-0.39, 0.29) is 41.8 Å². The molecule has 0 bridgehead atoms. The van der Waals surface area contributed by atoms with Crippen LogP contribution in [0.1, 0.15) is 11.1 Å². The molecule has 0 fully saturated rings. The van der Waals surface area contributed by atoms with Crippen molar-refractivity contribution < 1.29 is 36.8 Å². The molecule has 0 heterocycles. The molecule has 29 heavy (non-hydrogen) atoms. The fourth-order valence-electron chi connectivity index (χ4n) is 2.11. The maximum Gasteiger partial charge on any atom is 2.00 e. The summed E-state index contributed by atoms with van der Waals surface area (Å²) < 4.78 is 10.4. The molecular weight excluding hydrogens is 420 g/mol. The third-order valence-electron chi connectivity index (χ3n) is 3.43. The Morgan fingerprint density at radius 1 is 0.793 bits per heavy atom. The van der Waals surface area contributed by atoms with Gasteiger partial charge in [0.25, 0.3) is 0 Å². The van der Waals surface area contributed by atoms with E-state index in [0.717, 1.165) is 0 Å². The van der Waals surface area contributed by atoms with Crippen LogP contribution in [0.2, 0.25) is 0 Å². The molecule has 0 aliphatic heterocycles. The zero-order valence-electron chi connectivity index (χ0n) is 15.4. The number of aliphatic imine (C=N–C) groups is 2. The van der Waals surface area contributed by atoms with Crippen LogP contribution >= 0.6 is 0 Å². The largest absolute Gasteiger partial charge is 2.00 e. The minimum atomic E-state index is -0.204. The molecule has 0 aliphatic rings. The molecule has 0 aromatic heterocycles. The number of terminal acetylenes is 2. The molecule has 0 unspecified atom stereocenters. The topological polar surface area (TPSA) is 89.3 Å². The minimum absolute atomic E-state index is 0. The van der Waals surface area contributed by atoms with E-state index in [1.807, 2.05) is 0 Å². The van der Waals surface area contributed by atoms with Crippen LogP contribution in [0.3, 0.4) is 0 Å². The number of hydrogen-bond donors (Lipinski definition) is 0. The summed E-state index contributed by atoms with van der Waals surface area (Å²) in [5.74, 6) is 5.11. The normalized spacial score (nSPS) is 10.3. The maximum atomic E-state index is 11.9. The fourth-order valence-corrected chi connectivity index (χ4v) is 2.11. The second-order valence-corrected chi connectivity index (χ2v) is 5.46. The number of hydrogen-bond acceptors (Lipinski definition) is 6. The Morgan fingerprint density at radius 2 is 1.21 bits per heavy atom. The zero-order chi connectivity index (χ0) is 20.2. The molecular formula is C22H18CuN2O4. The van der Waals surface area contributed by atoms with Crippen molar-refractivity contribution in [3.8, 4) is 47.7 Å². The Bertz CT molecular complexity index is 865. The SMILES string of the molecule is C#CCOc1ccc(C=NCCN=Cc2ccc(OCC#C)cc2[O-])c([O-])c1.[Cu+2]. The Balaban J connectivity index is 0.00000420. The van der Waals surface area contributed by atoms with Crippen LogP contribution in [-0.4, -0.2) is 38.7 Å². The van der Waals surface area contributed by atoms with Crippen LogP contribution < -0.4 is 19.7 Å². The van der Waals surface area contributed by atoms with Gasteiger partial charge >= 0.3 is 17.1 Å². The van der Waals surface area contributed by atoms with Gasteiger partial charge in [-0.2, -0.15) is 0 Å². The van der Waals surface area contributed by atoms with Gasteiger partial charge in [-0.25, -0.2) is 0 Å². The molecule has 0 atom stereocenters. The van der Waals surface area contributed by atoms with Crippen molar-refractivity contribution in [2.45, 2.75) is 0 Å². The number of benzene rings is 2. The van der Waals surface area contributed by atoms with Crippen molar-refractivity contribution in [2.24, 2.45) is 9.98 Å². The minimum Gasteiger partial charge on any atom is -0.872 e. The number of ether oxygens (including phenoxy) is 2. The Kier molecular flexibility index (Phi) is 10.5. The first-order chi connectivity index (χ1) is 13.6. The van der Waals surface area contributed by atoms with E-state index in [9.17, 15) is 10.2 Å². The molecule has 2 rings (SSSR count). The molecule has 0 saturated heterocycles. The van der Waals surface area contributed by atoms with Gasteiger partial charge in [0.2, 0.25) is 0 Å².